The maximum Gasteiger partial charge on any atom is 0.417 e. The highest BCUT2D eigenvalue weighted by molar-refractivity contribution is 9.10. The summed E-state index contributed by atoms with van der Waals surface area (Å²) >= 11 is 2.99. The summed E-state index contributed by atoms with van der Waals surface area (Å²) in [6.45, 7) is 1.46. The van der Waals surface area contributed by atoms with Crippen LogP contribution in [-0.4, -0.2) is 24.4 Å². The lowest BCUT2D eigenvalue weighted by molar-refractivity contribution is -0.139. The zero-order valence-corrected chi connectivity index (χ0v) is 12.8. The Morgan fingerprint density at radius 3 is 2.35 bits per heavy atom. The molecule has 2 rings (SSSR count). The van der Waals surface area contributed by atoms with Gasteiger partial charge in [-0.3, -0.25) is 0 Å². The van der Waals surface area contributed by atoms with Crippen molar-refractivity contribution in [2.75, 3.05) is 0 Å². The summed E-state index contributed by atoms with van der Waals surface area (Å²) in [7, 11) is -4.12. The third-order valence-electron chi connectivity index (χ3n) is 3.33. The molecule has 0 spiro atoms. The molecule has 0 saturated heterocycles. The minimum absolute atomic E-state index is 0.0564. The van der Waals surface area contributed by atoms with Gasteiger partial charge in [0.2, 0.25) is 0 Å². The molecule has 8 heteroatoms. The molecule has 0 aliphatic heterocycles. The molecule has 3 nitrogen and oxygen atoms in total. The Morgan fingerprint density at radius 2 is 1.90 bits per heavy atom. The van der Waals surface area contributed by atoms with E-state index in [-0.39, 0.29) is 17.3 Å². The topological polar surface area (TPSA) is 54.4 Å². The molecule has 1 aliphatic rings. The van der Waals surface area contributed by atoms with Crippen molar-refractivity contribution < 1.29 is 26.7 Å². The molecule has 0 aromatic heterocycles. The zero-order chi connectivity index (χ0) is 15.3. The van der Waals surface area contributed by atoms with E-state index in [0.29, 0.717) is 0 Å². The maximum absolute atomic E-state index is 12.9. The van der Waals surface area contributed by atoms with Crippen LogP contribution in [0.25, 0.3) is 0 Å². The quantitative estimate of drug-likeness (QED) is 0.867. The molecule has 20 heavy (non-hydrogen) atoms. The zero-order valence-electron chi connectivity index (χ0n) is 10.4. The highest BCUT2D eigenvalue weighted by Crippen LogP contribution is 2.43. The SMILES string of the molecule is C[C@]1(O)C[C@H](S(=O)(=O)c2cc(Br)ccc2C(F)(F)F)C1. The molecular weight excluding hydrogens is 361 g/mol. The van der Waals surface area contributed by atoms with Crippen molar-refractivity contribution in [1.29, 1.82) is 0 Å². The van der Waals surface area contributed by atoms with E-state index >= 15 is 0 Å². The van der Waals surface area contributed by atoms with Crippen molar-refractivity contribution in [3.8, 4) is 0 Å². The van der Waals surface area contributed by atoms with Gasteiger partial charge in [-0.05, 0) is 38.0 Å². The van der Waals surface area contributed by atoms with Crippen LogP contribution in [0.2, 0.25) is 0 Å². The molecule has 0 atom stereocenters. The normalized spacial score (nSPS) is 27.2. The fourth-order valence-electron chi connectivity index (χ4n) is 2.29. The molecule has 0 amide bonds. The number of alkyl halides is 3. The van der Waals surface area contributed by atoms with Gasteiger partial charge in [0.15, 0.2) is 9.84 Å². The molecule has 0 heterocycles. The fourth-order valence-corrected chi connectivity index (χ4v) is 5.10. The van der Waals surface area contributed by atoms with E-state index in [0.717, 1.165) is 18.2 Å². The van der Waals surface area contributed by atoms with E-state index in [1.54, 1.807) is 0 Å². The Hall–Kier alpha value is -0.600. The summed E-state index contributed by atoms with van der Waals surface area (Å²) in [5.74, 6) is 0. The van der Waals surface area contributed by atoms with Gasteiger partial charge < -0.3 is 5.11 Å². The third-order valence-corrected chi connectivity index (χ3v) is 5.98. The Bertz CT molecular complexity index is 630. The van der Waals surface area contributed by atoms with E-state index in [1.165, 1.54) is 6.92 Å². The van der Waals surface area contributed by atoms with Crippen molar-refractivity contribution in [1.82, 2.24) is 0 Å². The fraction of sp³-hybridized carbons (Fsp3) is 0.500. The second kappa shape index (κ2) is 4.71. The Kier molecular flexibility index (Phi) is 3.71. The van der Waals surface area contributed by atoms with Crippen molar-refractivity contribution in [3.63, 3.8) is 0 Å². The number of rotatable bonds is 2. The van der Waals surface area contributed by atoms with Gasteiger partial charge in [0.05, 0.1) is 21.3 Å². The smallest absolute Gasteiger partial charge is 0.390 e. The van der Waals surface area contributed by atoms with Gasteiger partial charge in [-0.25, -0.2) is 8.42 Å². The molecule has 1 fully saturated rings. The highest BCUT2D eigenvalue weighted by atomic mass is 79.9. The van der Waals surface area contributed by atoms with Gasteiger partial charge in [0, 0.05) is 4.47 Å². The van der Waals surface area contributed by atoms with E-state index < -0.39 is 37.3 Å². The lowest BCUT2D eigenvalue weighted by atomic mass is 9.82. The van der Waals surface area contributed by atoms with Crippen LogP contribution in [-0.2, 0) is 16.0 Å². The minimum atomic E-state index is -4.74. The van der Waals surface area contributed by atoms with Crippen LogP contribution in [0.1, 0.15) is 25.3 Å². The van der Waals surface area contributed by atoms with Crippen LogP contribution >= 0.6 is 15.9 Å². The maximum atomic E-state index is 12.9. The Balaban J connectivity index is 2.49. The molecule has 112 valence electrons. The van der Waals surface area contributed by atoms with Crippen LogP contribution in [0.5, 0.6) is 0 Å². The van der Waals surface area contributed by atoms with Crippen molar-refractivity contribution in [2.45, 2.75) is 41.7 Å². The predicted molar refractivity (Wildman–Crippen MR) is 70.0 cm³/mol. The van der Waals surface area contributed by atoms with Gasteiger partial charge in [-0.2, -0.15) is 13.2 Å². The van der Waals surface area contributed by atoms with E-state index in [9.17, 15) is 26.7 Å². The molecular formula is C12H12BrF3O3S. The highest BCUT2D eigenvalue weighted by Gasteiger charge is 2.48. The summed E-state index contributed by atoms with van der Waals surface area (Å²) in [6.07, 6.45) is -4.85. The molecule has 1 aromatic carbocycles. The first-order valence-electron chi connectivity index (χ1n) is 5.76. The van der Waals surface area contributed by atoms with Gasteiger partial charge >= 0.3 is 6.18 Å². The van der Waals surface area contributed by atoms with E-state index in [2.05, 4.69) is 15.9 Å². The van der Waals surface area contributed by atoms with Gasteiger partial charge in [0.25, 0.3) is 0 Å². The predicted octanol–water partition coefficient (Wildman–Crippen LogP) is 3.16. The average Bonchev–Trinajstić information content (AvgIpc) is 2.23. The van der Waals surface area contributed by atoms with Gasteiger partial charge in [0.1, 0.15) is 0 Å². The molecule has 1 aliphatic carbocycles. The summed E-state index contributed by atoms with van der Waals surface area (Å²) < 4.78 is 63.6. The van der Waals surface area contributed by atoms with Crippen LogP contribution in [0.15, 0.2) is 27.6 Å². The lowest BCUT2D eigenvalue weighted by Gasteiger charge is -2.40. The standard InChI is InChI=1S/C12H12BrF3O3S/c1-11(17)5-8(6-11)20(18,19)10-4-7(13)2-3-9(10)12(14,15)16/h2-4,8,17H,5-6H2,1H3/t8-,11-. The largest absolute Gasteiger partial charge is 0.417 e. The van der Waals surface area contributed by atoms with Crippen molar-refractivity contribution in [3.05, 3.63) is 28.2 Å². The summed E-state index contributed by atoms with van der Waals surface area (Å²) in [6, 6.07) is 2.86. The number of sulfone groups is 1. The minimum Gasteiger partial charge on any atom is -0.390 e. The summed E-state index contributed by atoms with van der Waals surface area (Å²) in [5.41, 5.74) is -2.30. The van der Waals surface area contributed by atoms with Crippen LogP contribution < -0.4 is 0 Å². The Labute approximate surface area is 122 Å². The first kappa shape index (κ1) is 15.8. The number of halogens is 4. The molecule has 0 bridgehead atoms. The molecule has 0 unspecified atom stereocenters. The second-order valence-corrected chi connectivity index (χ2v) is 8.32. The van der Waals surface area contributed by atoms with Crippen LogP contribution in [0, 0.1) is 0 Å². The van der Waals surface area contributed by atoms with Crippen molar-refractivity contribution in [2.24, 2.45) is 0 Å². The number of hydrogen-bond acceptors (Lipinski definition) is 3. The van der Waals surface area contributed by atoms with E-state index in [1.807, 2.05) is 0 Å². The lowest BCUT2D eigenvalue weighted by Crippen LogP contribution is -2.48. The van der Waals surface area contributed by atoms with E-state index in [4.69, 9.17) is 0 Å². The first-order chi connectivity index (χ1) is 8.93. The second-order valence-electron chi connectivity index (χ2n) is 5.21. The van der Waals surface area contributed by atoms with Gasteiger partial charge in [-0.1, -0.05) is 15.9 Å². The summed E-state index contributed by atoms with van der Waals surface area (Å²) in [4.78, 5) is -0.736. The molecule has 1 saturated carbocycles. The number of hydrogen-bond donors (Lipinski definition) is 1. The molecule has 0 radical (unpaired) electrons. The van der Waals surface area contributed by atoms with Crippen molar-refractivity contribution >= 4 is 25.8 Å². The number of aliphatic hydroxyl groups is 1. The van der Waals surface area contributed by atoms with Gasteiger partial charge in [-0.15, -0.1) is 0 Å². The monoisotopic (exact) mass is 372 g/mol. The third kappa shape index (κ3) is 2.87. The number of benzene rings is 1. The van der Waals surface area contributed by atoms with Crippen LogP contribution in [0.4, 0.5) is 13.2 Å². The molecule has 1 N–H and O–H groups in total. The van der Waals surface area contributed by atoms with Crippen LogP contribution in [0.3, 0.4) is 0 Å². The summed E-state index contributed by atoms with van der Waals surface area (Å²) in [5, 5.41) is 8.60. The average molecular weight is 373 g/mol. The first-order valence-corrected chi connectivity index (χ1v) is 8.10. The molecule has 1 aromatic rings. The Morgan fingerprint density at radius 1 is 1.35 bits per heavy atom.